The molecule has 1 aliphatic rings. The molecule has 0 spiro atoms. The van der Waals surface area contributed by atoms with E-state index in [0.29, 0.717) is 13.3 Å². The van der Waals surface area contributed by atoms with Gasteiger partial charge < -0.3 is 20.1 Å². The Morgan fingerprint density at radius 1 is 1.29 bits per heavy atom. The van der Waals surface area contributed by atoms with Gasteiger partial charge in [0, 0.05) is 19.3 Å². The molecule has 0 saturated carbocycles. The molecule has 0 unspecified atom stereocenters. The molecule has 24 heavy (non-hydrogen) atoms. The van der Waals surface area contributed by atoms with Crippen molar-refractivity contribution in [1.82, 2.24) is 20.4 Å². The number of nitrogens with zero attached hydrogens (tertiary/aromatic N) is 3. The number of hydrogen-bond acceptors (Lipinski definition) is 4. The highest BCUT2D eigenvalue weighted by atomic mass is 16.7. The summed E-state index contributed by atoms with van der Waals surface area (Å²) < 4.78 is 12.6. The van der Waals surface area contributed by atoms with Gasteiger partial charge in [-0.1, -0.05) is 6.07 Å². The van der Waals surface area contributed by atoms with Crippen LogP contribution in [0.25, 0.3) is 0 Å². The SMILES string of the molecule is CCNC(=NCc1ccc2c(c1)OCO2)NCCn1cc(C)cn1. The van der Waals surface area contributed by atoms with Crippen molar-refractivity contribution in [3.05, 3.63) is 41.7 Å². The molecule has 0 saturated heterocycles. The van der Waals surface area contributed by atoms with Crippen molar-refractivity contribution in [1.29, 1.82) is 0 Å². The van der Waals surface area contributed by atoms with Crippen LogP contribution in [-0.4, -0.2) is 35.6 Å². The summed E-state index contributed by atoms with van der Waals surface area (Å²) in [7, 11) is 0. The third-order valence-corrected chi connectivity index (χ3v) is 3.60. The average molecular weight is 329 g/mol. The van der Waals surface area contributed by atoms with Crippen molar-refractivity contribution in [2.75, 3.05) is 19.9 Å². The molecule has 0 atom stereocenters. The van der Waals surface area contributed by atoms with Gasteiger partial charge in [-0.2, -0.15) is 5.10 Å². The zero-order valence-corrected chi connectivity index (χ0v) is 14.1. The first-order chi connectivity index (χ1) is 11.7. The molecule has 7 nitrogen and oxygen atoms in total. The van der Waals surface area contributed by atoms with Gasteiger partial charge in [-0.25, -0.2) is 4.99 Å². The number of ether oxygens (including phenoxy) is 2. The fraction of sp³-hybridized carbons (Fsp3) is 0.412. The molecular formula is C17H23N5O2. The van der Waals surface area contributed by atoms with E-state index in [-0.39, 0.29) is 0 Å². The van der Waals surface area contributed by atoms with Crippen molar-refractivity contribution in [2.45, 2.75) is 26.9 Å². The zero-order valence-electron chi connectivity index (χ0n) is 14.1. The van der Waals surface area contributed by atoms with Gasteiger partial charge in [-0.15, -0.1) is 0 Å². The van der Waals surface area contributed by atoms with Gasteiger partial charge in [0.2, 0.25) is 6.79 Å². The van der Waals surface area contributed by atoms with Crippen LogP contribution in [0, 0.1) is 6.92 Å². The Morgan fingerprint density at radius 3 is 2.96 bits per heavy atom. The molecule has 0 aliphatic carbocycles. The van der Waals surface area contributed by atoms with Gasteiger partial charge >= 0.3 is 0 Å². The number of hydrogen-bond donors (Lipinski definition) is 2. The summed E-state index contributed by atoms with van der Waals surface area (Å²) in [6.45, 7) is 7.32. The Hall–Kier alpha value is -2.70. The summed E-state index contributed by atoms with van der Waals surface area (Å²) in [5.41, 5.74) is 2.25. The van der Waals surface area contributed by atoms with E-state index < -0.39 is 0 Å². The molecule has 1 aromatic carbocycles. The van der Waals surface area contributed by atoms with Crippen LogP contribution < -0.4 is 20.1 Å². The first-order valence-electron chi connectivity index (χ1n) is 8.14. The minimum Gasteiger partial charge on any atom is -0.454 e. The van der Waals surface area contributed by atoms with E-state index in [4.69, 9.17) is 9.47 Å². The van der Waals surface area contributed by atoms with Crippen LogP contribution in [-0.2, 0) is 13.1 Å². The van der Waals surface area contributed by atoms with Gasteiger partial charge in [0.05, 0.1) is 19.3 Å². The van der Waals surface area contributed by atoms with Gasteiger partial charge in [0.15, 0.2) is 17.5 Å². The molecule has 3 rings (SSSR count). The lowest BCUT2D eigenvalue weighted by atomic mass is 10.2. The number of nitrogens with one attached hydrogen (secondary N) is 2. The standard InChI is InChI=1S/C17H23N5O2/c1-3-18-17(19-6-7-22-11-13(2)9-21-22)20-10-14-4-5-15-16(8-14)24-12-23-15/h4-5,8-9,11H,3,6-7,10,12H2,1-2H3,(H2,18,19,20). The first-order valence-corrected chi connectivity index (χ1v) is 8.14. The highest BCUT2D eigenvalue weighted by Gasteiger charge is 2.12. The quantitative estimate of drug-likeness (QED) is 0.623. The highest BCUT2D eigenvalue weighted by molar-refractivity contribution is 5.79. The number of benzene rings is 1. The van der Waals surface area contributed by atoms with Crippen LogP contribution >= 0.6 is 0 Å². The molecule has 2 N–H and O–H groups in total. The number of rotatable bonds is 6. The van der Waals surface area contributed by atoms with Crippen LogP contribution in [0.15, 0.2) is 35.6 Å². The summed E-state index contributed by atoms with van der Waals surface area (Å²) in [5.74, 6) is 2.37. The minimum absolute atomic E-state index is 0.291. The lowest BCUT2D eigenvalue weighted by Crippen LogP contribution is -2.38. The summed E-state index contributed by atoms with van der Waals surface area (Å²) >= 11 is 0. The molecular weight excluding hydrogens is 306 g/mol. The summed E-state index contributed by atoms with van der Waals surface area (Å²) in [4.78, 5) is 4.61. The Labute approximate surface area is 141 Å². The second kappa shape index (κ2) is 7.72. The van der Waals surface area contributed by atoms with Crippen molar-refractivity contribution in [2.24, 2.45) is 4.99 Å². The average Bonchev–Trinajstić information content (AvgIpc) is 3.20. The van der Waals surface area contributed by atoms with Gasteiger partial charge in [-0.05, 0) is 37.1 Å². The van der Waals surface area contributed by atoms with Gasteiger partial charge in [-0.3, -0.25) is 4.68 Å². The monoisotopic (exact) mass is 329 g/mol. The van der Waals surface area contributed by atoms with E-state index in [1.54, 1.807) is 0 Å². The lowest BCUT2D eigenvalue weighted by Gasteiger charge is -2.11. The largest absolute Gasteiger partial charge is 0.454 e. The summed E-state index contributed by atoms with van der Waals surface area (Å²) in [5, 5.41) is 10.8. The number of aliphatic imine (C=N–C) groups is 1. The van der Waals surface area contributed by atoms with Crippen LogP contribution in [0.3, 0.4) is 0 Å². The highest BCUT2D eigenvalue weighted by Crippen LogP contribution is 2.32. The normalized spacial score (nSPS) is 13.2. The van der Waals surface area contributed by atoms with E-state index in [9.17, 15) is 0 Å². The second-order valence-corrected chi connectivity index (χ2v) is 5.59. The third kappa shape index (κ3) is 4.18. The Balaban J connectivity index is 1.54. The molecule has 1 aromatic heterocycles. The van der Waals surface area contributed by atoms with Crippen molar-refractivity contribution >= 4 is 5.96 Å². The molecule has 0 radical (unpaired) electrons. The van der Waals surface area contributed by atoms with E-state index in [1.807, 2.05) is 42.2 Å². The predicted molar refractivity (Wildman–Crippen MR) is 92.3 cm³/mol. The number of aryl methyl sites for hydroxylation is 1. The van der Waals surface area contributed by atoms with Crippen LogP contribution in [0.4, 0.5) is 0 Å². The molecule has 0 fully saturated rings. The maximum absolute atomic E-state index is 5.40. The molecule has 128 valence electrons. The smallest absolute Gasteiger partial charge is 0.231 e. The van der Waals surface area contributed by atoms with Gasteiger partial charge in [0.25, 0.3) is 0 Å². The summed E-state index contributed by atoms with van der Waals surface area (Å²) in [6.07, 6.45) is 3.89. The van der Waals surface area contributed by atoms with Gasteiger partial charge in [0.1, 0.15) is 0 Å². The van der Waals surface area contributed by atoms with E-state index in [1.165, 1.54) is 5.56 Å². The lowest BCUT2D eigenvalue weighted by molar-refractivity contribution is 0.174. The zero-order chi connectivity index (χ0) is 16.8. The maximum Gasteiger partial charge on any atom is 0.231 e. The number of guanidine groups is 1. The number of aromatic nitrogens is 2. The van der Waals surface area contributed by atoms with E-state index in [0.717, 1.165) is 42.7 Å². The predicted octanol–water partition coefficient (Wildman–Crippen LogP) is 1.68. The van der Waals surface area contributed by atoms with Crippen LogP contribution in [0.2, 0.25) is 0 Å². The molecule has 0 amide bonds. The molecule has 2 heterocycles. The van der Waals surface area contributed by atoms with Crippen LogP contribution in [0.5, 0.6) is 11.5 Å². The van der Waals surface area contributed by atoms with Crippen molar-refractivity contribution < 1.29 is 9.47 Å². The molecule has 1 aliphatic heterocycles. The Morgan fingerprint density at radius 2 is 2.17 bits per heavy atom. The Kier molecular flexibility index (Phi) is 5.20. The fourth-order valence-electron chi connectivity index (χ4n) is 2.43. The first kappa shape index (κ1) is 16.2. The van der Waals surface area contributed by atoms with E-state index in [2.05, 4.69) is 27.6 Å². The van der Waals surface area contributed by atoms with E-state index >= 15 is 0 Å². The Bertz CT molecular complexity index is 711. The van der Waals surface area contributed by atoms with Crippen LogP contribution in [0.1, 0.15) is 18.1 Å². The second-order valence-electron chi connectivity index (χ2n) is 5.59. The maximum atomic E-state index is 5.40. The molecule has 0 bridgehead atoms. The molecule has 2 aromatic rings. The summed E-state index contributed by atoms with van der Waals surface area (Å²) in [6, 6.07) is 5.91. The number of fused-ring (bicyclic) bond motifs is 1. The van der Waals surface area contributed by atoms with Crippen molar-refractivity contribution in [3.8, 4) is 11.5 Å². The van der Waals surface area contributed by atoms with Crippen molar-refractivity contribution in [3.63, 3.8) is 0 Å². The fourth-order valence-corrected chi connectivity index (χ4v) is 2.43. The third-order valence-electron chi connectivity index (χ3n) is 3.60. The minimum atomic E-state index is 0.291. The molecule has 7 heteroatoms. The topological polar surface area (TPSA) is 72.7 Å².